The van der Waals surface area contributed by atoms with Gasteiger partial charge in [-0.2, -0.15) is 0 Å². The van der Waals surface area contributed by atoms with E-state index in [0.29, 0.717) is 13.2 Å². The van der Waals surface area contributed by atoms with Crippen LogP contribution in [0.2, 0.25) is 0 Å². The van der Waals surface area contributed by atoms with Crippen LogP contribution in [0.1, 0.15) is 23.4 Å². The van der Waals surface area contributed by atoms with Gasteiger partial charge < -0.3 is 19.8 Å². The molecule has 1 aromatic heterocycles. The number of sulfone groups is 1. The first-order chi connectivity index (χ1) is 10.4. The van der Waals surface area contributed by atoms with Crippen molar-refractivity contribution in [1.29, 1.82) is 0 Å². The van der Waals surface area contributed by atoms with E-state index >= 15 is 0 Å². The van der Waals surface area contributed by atoms with Gasteiger partial charge in [-0.3, -0.25) is 4.79 Å². The number of furan rings is 1. The molecule has 0 bridgehead atoms. The molecule has 0 aromatic carbocycles. The van der Waals surface area contributed by atoms with Crippen LogP contribution < -0.4 is 10.6 Å². The molecule has 1 aliphatic rings. The number of hydrogen-bond donors (Lipinski definition) is 2. The summed E-state index contributed by atoms with van der Waals surface area (Å²) in [7, 11) is -1.80. The molecular weight excluding hydrogens is 344 g/mol. The molecule has 2 heterocycles. The number of carbonyl (C=O) groups is 1. The first kappa shape index (κ1) is 20.0. The fraction of sp³-hybridized carbons (Fsp3) is 0.643. The molecular formula is C14H23ClN2O5S. The summed E-state index contributed by atoms with van der Waals surface area (Å²) >= 11 is 0. The van der Waals surface area contributed by atoms with E-state index in [1.807, 2.05) is 0 Å². The van der Waals surface area contributed by atoms with Gasteiger partial charge in [-0.15, -0.1) is 12.4 Å². The van der Waals surface area contributed by atoms with Crippen molar-refractivity contribution in [2.24, 2.45) is 5.41 Å². The molecule has 9 heteroatoms. The zero-order valence-corrected chi connectivity index (χ0v) is 14.9. The van der Waals surface area contributed by atoms with Crippen LogP contribution in [0.15, 0.2) is 21.6 Å². The van der Waals surface area contributed by atoms with Crippen molar-refractivity contribution < 1.29 is 22.4 Å². The summed E-state index contributed by atoms with van der Waals surface area (Å²) in [6.07, 6.45) is 2.86. The molecule has 0 aliphatic carbocycles. The lowest BCUT2D eigenvalue weighted by atomic mass is 9.79. The molecule has 2 rings (SSSR count). The van der Waals surface area contributed by atoms with Gasteiger partial charge in [0.15, 0.2) is 5.76 Å². The average molecular weight is 367 g/mol. The molecule has 1 fully saturated rings. The fourth-order valence-electron chi connectivity index (χ4n) is 2.63. The van der Waals surface area contributed by atoms with E-state index in [9.17, 15) is 13.2 Å². The van der Waals surface area contributed by atoms with Crippen molar-refractivity contribution in [3.63, 3.8) is 0 Å². The smallest absolute Gasteiger partial charge is 0.287 e. The molecule has 0 radical (unpaired) electrons. The Morgan fingerprint density at radius 3 is 2.57 bits per heavy atom. The van der Waals surface area contributed by atoms with Crippen LogP contribution in [0, 0.1) is 5.41 Å². The Labute approximate surface area is 142 Å². The molecule has 7 nitrogen and oxygen atoms in total. The third kappa shape index (κ3) is 5.20. The lowest BCUT2D eigenvalue weighted by molar-refractivity contribution is 0.0505. The maximum atomic E-state index is 12.1. The van der Waals surface area contributed by atoms with Crippen LogP contribution >= 0.6 is 12.4 Å². The van der Waals surface area contributed by atoms with E-state index in [4.69, 9.17) is 9.15 Å². The van der Waals surface area contributed by atoms with Crippen LogP contribution in [0.5, 0.6) is 0 Å². The van der Waals surface area contributed by atoms with Gasteiger partial charge in [0, 0.05) is 25.3 Å². The molecule has 0 spiro atoms. The molecule has 1 amide bonds. The summed E-state index contributed by atoms with van der Waals surface area (Å²) in [4.78, 5) is 12.1. The van der Waals surface area contributed by atoms with Gasteiger partial charge in [0.1, 0.15) is 0 Å². The highest BCUT2D eigenvalue weighted by Crippen LogP contribution is 2.28. The second-order valence-electron chi connectivity index (χ2n) is 5.76. The predicted octanol–water partition coefficient (Wildman–Crippen LogP) is 0.851. The topological polar surface area (TPSA) is 97.6 Å². The predicted molar refractivity (Wildman–Crippen MR) is 87.8 cm³/mol. The first-order valence-electron chi connectivity index (χ1n) is 7.14. The Kier molecular flexibility index (Phi) is 7.06. The molecule has 1 saturated heterocycles. The number of ether oxygens (including phenoxy) is 1. The molecule has 0 atom stereocenters. The summed E-state index contributed by atoms with van der Waals surface area (Å²) in [6, 6.07) is 2.66. The van der Waals surface area contributed by atoms with Gasteiger partial charge >= 0.3 is 0 Å². The van der Waals surface area contributed by atoms with Crippen molar-refractivity contribution in [2.75, 3.05) is 39.6 Å². The number of halogens is 1. The number of hydrogen-bond acceptors (Lipinski definition) is 6. The molecule has 0 unspecified atom stereocenters. The number of nitrogens with one attached hydrogen (secondary N) is 2. The Morgan fingerprint density at radius 1 is 1.39 bits per heavy atom. The van der Waals surface area contributed by atoms with Crippen molar-refractivity contribution in [3.05, 3.63) is 17.9 Å². The number of carbonyl (C=O) groups excluding carboxylic acids is 1. The second-order valence-corrected chi connectivity index (χ2v) is 7.70. The van der Waals surface area contributed by atoms with E-state index in [1.54, 1.807) is 7.11 Å². The Morgan fingerprint density at radius 2 is 2.04 bits per heavy atom. The minimum Gasteiger partial charge on any atom is -0.440 e. The van der Waals surface area contributed by atoms with E-state index in [0.717, 1.165) is 32.2 Å². The molecule has 132 valence electrons. The molecule has 1 aromatic rings. The maximum absolute atomic E-state index is 12.1. The molecule has 1 aliphatic heterocycles. The van der Waals surface area contributed by atoms with Crippen LogP contribution in [0.4, 0.5) is 0 Å². The third-order valence-corrected chi connectivity index (χ3v) is 4.86. The summed E-state index contributed by atoms with van der Waals surface area (Å²) in [5.74, 6) is -0.411. The summed E-state index contributed by atoms with van der Waals surface area (Å²) < 4.78 is 33.1. The SMILES string of the molecule is COCC1(CNC(=O)c2ccc(S(C)(=O)=O)o2)CCNCC1.Cl. The van der Waals surface area contributed by atoms with Crippen molar-refractivity contribution >= 4 is 28.2 Å². The van der Waals surface area contributed by atoms with Gasteiger partial charge in [0.05, 0.1) is 6.61 Å². The summed E-state index contributed by atoms with van der Waals surface area (Å²) in [6.45, 7) is 2.81. The average Bonchev–Trinajstić information content (AvgIpc) is 2.96. The van der Waals surface area contributed by atoms with E-state index < -0.39 is 15.7 Å². The minimum atomic E-state index is -3.45. The van der Waals surface area contributed by atoms with Crippen molar-refractivity contribution in [1.82, 2.24) is 10.6 Å². The largest absolute Gasteiger partial charge is 0.440 e. The number of piperidine rings is 1. The lowest BCUT2D eigenvalue weighted by Crippen LogP contribution is -2.47. The molecule has 23 heavy (non-hydrogen) atoms. The van der Waals surface area contributed by atoms with Crippen LogP contribution in [-0.4, -0.2) is 53.9 Å². The highest BCUT2D eigenvalue weighted by atomic mass is 35.5. The van der Waals surface area contributed by atoms with Gasteiger partial charge in [0.25, 0.3) is 5.91 Å². The number of amides is 1. The van der Waals surface area contributed by atoms with E-state index in [2.05, 4.69) is 10.6 Å². The number of rotatable bonds is 6. The fourth-order valence-corrected chi connectivity index (χ4v) is 3.19. The van der Waals surface area contributed by atoms with Crippen molar-refractivity contribution in [3.8, 4) is 0 Å². The molecule has 2 N–H and O–H groups in total. The van der Waals surface area contributed by atoms with E-state index in [1.165, 1.54) is 12.1 Å². The monoisotopic (exact) mass is 366 g/mol. The lowest BCUT2D eigenvalue weighted by Gasteiger charge is -2.37. The normalized spacial score (nSPS) is 17.3. The zero-order chi connectivity index (χ0) is 16.2. The van der Waals surface area contributed by atoms with Crippen LogP contribution in [-0.2, 0) is 14.6 Å². The standard InChI is InChI=1S/C14H22N2O5S.ClH/c1-20-10-14(5-7-15-8-6-14)9-16-13(17)11-3-4-12(21-11)22(2,18)19;/h3-4,15H,5-10H2,1-2H3,(H,16,17);1H. The van der Waals surface area contributed by atoms with Gasteiger partial charge in [-0.05, 0) is 38.1 Å². The van der Waals surface area contributed by atoms with Crippen LogP contribution in [0.25, 0.3) is 0 Å². The second kappa shape index (κ2) is 8.14. The highest BCUT2D eigenvalue weighted by Gasteiger charge is 2.33. The Hall–Kier alpha value is -1.09. The Balaban J connectivity index is 0.00000264. The van der Waals surface area contributed by atoms with E-state index in [-0.39, 0.29) is 28.7 Å². The Bertz CT molecular complexity index is 617. The summed E-state index contributed by atoms with van der Waals surface area (Å²) in [5, 5.41) is 5.90. The minimum absolute atomic E-state index is 0. The van der Waals surface area contributed by atoms with Gasteiger partial charge in [0.2, 0.25) is 14.9 Å². The third-order valence-electron chi connectivity index (χ3n) is 3.91. The molecule has 0 saturated carbocycles. The highest BCUT2D eigenvalue weighted by molar-refractivity contribution is 7.90. The quantitative estimate of drug-likeness (QED) is 0.774. The number of methoxy groups -OCH3 is 1. The summed E-state index contributed by atoms with van der Waals surface area (Å²) in [5.41, 5.74) is -0.0953. The van der Waals surface area contributed by atoms with Crippen molar-refractivity contribution in [2.45, 2.75) is 17.9 Å². The zero-order valence-electron chi connectivity index (χ0n) is 13.3. The van der Waals surface area contributed by atoms with Crippen LogP contribution in [0.3, 0.4) is 0 Å². The van der Waals surface area contributed by atoms with Gasteiger partial charge in [-0.1, -0.05) is 0 Å². The maximum Gasteiger partial charge on any atom is 0.287 e. The van der Waals surface area contributed by atoms with Gasteiger partial charge in [-0.25, -0.2) is 8.42 Å². The first-order valence-corrected chi connectivity index (χ1v) is 9.03.